The number of nitrogens with one attached hydrogen (secondary N) is 1. The van der Waals surface area contributed by atoms with E-state index in [1.54, 1.807) is 6.33 Å². The number of fused-ring (bicyclic) bond motifs is 1. The molecule has 0 aliphatic carbocycles. The number of likely N-dealkylation sites (tertiary alicyclic amines) is 1. The normalized spacial score (nSPS) is 30.3. The van der Waals surface area contributed by atoms with Crippen LogP contribution in [0.2, 0.25) is 0 Å². The lowest BCUT2D eigenvalue weighted by molar-refractivity contribution is 0.201. The molecule has 0 aromatic carbocycles. The van der Waals surface area contributed by atoms with Crippen molar-refractivity contribution in [3.8, 4) is 0 Å². The van der Waals surface area contributed by atoms with E-state index in [0.717, 1.165) is 30.7 Å². The average molecular weight is 277 g/mol. The summed E-state index contributed by atoms with van der Waals surface area (Å²) in [5.41, 5.74) is 0. The Labute approximate surface area is 121 Å². The molecule has 1 N–H and O–H groups in total. The van der Waals surface area contributed by atoms with Crippen LogP contribution in [0.15, 0.2) is 6.33 Å². The second-order valence-corrected chi connectivity index (χ2v) is 6.74. The first-order chi connectivity index (χ1) is 9.69. The van der Waals surface area contributed by atoms with Gasteiger partial charge in [0.25, 0.3) is 0 Å². The first kappa shape index (κ1) is 14.0. The van der Waals surface area contributed by atoms with Crippen molar-refractivity contribution in [1.29, 1.82) is 0 Å². The van der Waals surface area contributed by atoms with Gasteiger partial charge in [0.1, 0.15) is 12.2 Å². The molecule has 0 saturated carbocycles. The highest BCUT2D eigenvalue weighted by Crippen LogP contribution is 2.34. The molecule has 2 saturated heterocycles. The molecule has 3 unspecified atom stereocenters. The molecule has 5 heteroatoms. The summed E-state index contributed by atoms with van der Waals surface area (Å²) < 4.78 is 2.09. The van der Waals surface area contributed by atoms with Crippen LogP contribution in [0.1, 0.15) is 33.0 Å². The third-order valence-corrected chi connectivity index (χ3v) is 4.82. The van der Waals surface area contributed by atoms with E-state index >= 15 is 0 Å². The van der Waals surface area contributed by atoms with Crippen LogP contribution in [0.3, 0.4) is 0 Å². The van der Waals surface area contributed by atoms with E-state index in [9.17, 15) is 0 Å². The average Bonchev–Trinajstić information content (AvgIpc) is 3.06. The van der Waals surface area contributed by atoms with Crippen molar-refractivity contribution in [2.45, 2.75) is 46.3 Å². The first-order valence-electron chi connectivity index (χ1n) is 8.00. The Hall–Kier alpha value is -0.940. The molecular formula is C15H27N5. The summed E-state index contributed by atoms with van der Waals surface area (Å²) >= 11 is 0. The van der Waals surface area contributed by atoms with Crippen molar-refractivity contribution >= 4 is 0 Å². The lowest BCUT2D eigenvalue weighted by Crippen LogP contribution is -2.35. The molecule has 1 aromatic rings. The maximum atomic E-state index is 4.49. The number of rotatable bonds is 5. The topological polar surface area (TPSA) is 46.0 Å². The van der Waals surface area contributed by atoms with Gasteiger partial charge in [-0.25, -0.2) is 9.67 Å². The van der Waals surface area contributed by atoms with Crippen molar-refractivity contribution in [3.05, 3.63) is 12.2 Å². The second kappa shape index (κ2) is 5.82. The third-order valence-electron chi connectivity index (χ3n) is 4.82. The van der Waals surface area contributed by atoms with Gasteiger partial charge in [-0.3, -0.25) is 4.90 Å². The van der Waals surface area contributed by atoms with Gasteiger partial charge in [-0.2, -0.15) is 5.10 Å². The Balaban J connectivity index is 1.70. The summed E-state index contributed by atoms with van der Waals surface area (Å²) in [5, 5.41) is 7.93. The molecule has 0 radical (unpaired) electrons. The summed E-state index contributed by atoms with van der Waals surface area (Å²) in [6.45, 7) is 12.3. The maximum absolute atomic E-state index is 4.49. The Kier molecular flexibility index (Phi) is 4.08. The van der Waals surface area contributed by atoms with Gasteiger partial charge in [0, 0.05) is 19.1 Å². The molecule has 20 heavy (non-hydrogen) atoms. The summed E-state index contributed by atoms with van der Waals surface area (Å²) in [7, 11) is 0. The zero-order chi connectivity index (χ0) is 14.1. The number of nitrogens with zero attached hydrogens (tertiary/aromatic N) is 4. The van der Waals surface area contributed by atoms with Crippen LogP contribution in [0.25, 0.3) is 0 Å². The van der Waals surface area contributed by atoms with E-state index in [1.807, 2.05) is 0 Å². The molecule has 0 amide bonds. The zero-order valence-corrected chi connectivity index (χ0v) is 12.9. The minimum absolute atomic E-state index is 0.611. The Morgan fingerprint density at radius 3 is 3.00 bits per heavy atom. The fourth-order valence-corrected chi connectivity index (χ4v) is 3.94. The standard InChI is InChI=1S/C15H27N5/c1-4-14-13-6-16-5-12(13)8-19(14)9-15-17-10-18-20(15)7-11(2)3/h10-14,16H,4-9H2,1-3H3. The van der Waals surface area contributed by atoms with Gasteiger partial charge in [-0.05, 0) is 37.3 Å². The second-order valence-electron chi connectivity index (χ2n) is 6.74. The van der Waals surface area contributed by atoms with E-state index in [1.165, 1.54) is 26.1 Å². The van der Waals surface area contributed by atoms with Gasteiger partial charge in [-0.1, -0.05) is 20.8 Å². The highest BCUT2D eigenvalue weighted by Gasteiger charge is 2.43. The van der Waals surface area contributed by atoms with Crippen LogP contribution in [0.5, 0.6) is 0 Å². The number of hydrogen-bond donors (Lipinski definition) is 1. The van der Waals surface area contributed by atoms with Crippen molar-refractivity contribution in [3.63, 3.8) is 0 Å². The van der Waals surface area contributed by atoms with Gasteiger partial charge >= 0.3 is 0 Å². The molecule has 0 spiro atoms. The predicted molar refractivity (Wildman–Crippen MR) is 79.2 cm³/mol. The lowest BCUT2D eigenvalue weighted by atomic mass is 9.93. The molecule has 5 nitrogen and oxygen atoms in total. The minimum atomic E-state index is 0.611. The maximum Gasteiger partial charge on any atom is 0.141 e. The van der Waals surface area contributed by atoms with Crippen molar-refractivity contribution in [2.75, 3.05) is 19.6 Å². The Bertz CT molecular complexity index is 441. The Morgan fingerprint density at radius 1 is 1.40 bits per heavy atom. The molecule has 3 heterocycles. The minimum Gasteiger partial charge on any atom is -0.316 e. The third kappa shape index (κ3) is 2.61. The highest BCUT2D eigenvalue weighted by atomic mass is 15.4. The van der Waals surface area contributed by atoms with Crippen LogP contribution in [-0.2, 0) is 13.1 Å². The number of aromatic nitrogens is 3. The van der Waals surface area contributed by atoms with E-state index in [0.29, 0.717) is 12.0 Å². The quantitative estimate of drug-likeness (QED) is 0.883. The fourth-order valence-electron chi connectivity index (χ4n) is 3.94. The molecule has 2 aliphatic rings. The zero-order valence-electron chi connectivity index (χ0n) is 12.9. The predicted octanol–water partition coefficient (Wildman–Crippen LogP) is 1.36. The van der Waals surface area contributed by atoms with Gasteiger partial charge in [0.2, 0.25) is 0 Å². The van der Waals surface area contributed by atoms with Crippen molar-refractivity contribution < 1.29 is 0 Å². The first-order valence-corrected chi connectivity index (χ1v) is 8.00. The molecule has 3 atom stereocenters. The molecule has 3 rings (SSSR count). The molecule has 1 aromatic heterocycles. The molecule has 112 valence electrons. The van der Waals surface area contributed by atoms with Crippen LogP contribution in [0, 0.1) is 17.8 Å². The van der Waals surface area contributed by atoms with E-state index in [4.69, 9.17) is 0 Å². The highest BCUT2D eigenvalue weighted by molar-refractivity contribution is 5.00. The van der Waals surface area contributed by atoms with Crippen molar-refractivity contribution in [1.82, 2.24) is 25.0 Å². The van der Waals surface area contributed by atoms with Gasteiger partial charge in [0.15, 0.2) is 0 Å². The largest absolute Gasteiger partial charge is 0.316 e. The Morgan fingerprint density at radius 2 is 2.25 bits per heavy atom. The van der Waals surface area contributed by atoms with Crippen LogP contribution in [0.4, 0.5) is 0 Å². The number of hydrogen-bond acceptors (Lipinski definition) is 4. The SMILES string of the molecule is CCC1C2CNCC2CN1Cc1ncnn1CC(C)C. The van der Waals surface area contributed by atoms with Gasteiger partial charge in [-0.15, -0.1) is 0 Å². The van der Waals surface area contributed by atoms with E-state index < -0.39 is 0 Å². The smallest absolute Gasteiger partial charge is 0.141 e. The fraction of sp³-hybridized carbons (Fsp3) is 0.867. The lowest BCUT2D eigenvalue weighted by Gasteiger charge is -2.26. The summed E-state index contributed by atoms with van der Waals surface area (Å²) in [5.74, 6) is 3.41. The van der Waals surface area contributed by atoms with Gasteiger partial charge in [0.05, 0.1) is 6.54 Å². The van der Waals surface area contributed by atoms with Crippen LogP contribution < -0.4 is 5.32 Å². The molecule has 2 aliphatic heterocycles. The molecule has 0 bridgehead atoms. The monoisotopic (exact) mass is 277 g/mol. The molecule has 2 fully saturated rings. The van der Waals surface area contributed by atoms with Crippen LogP contribution in [-0.4, -0.2) is 45.3 Å². The van der Waals surface area contributed by atoms with Crippen LogP contribution >= 0.6 is 0 Å². The van der Waals surface area contributed by atoms with E-state index in [-0.39, 0.29) is 0 Å². The molecular weight excluding hydrogens is 250 g/mol. The summed E-state index contributed by atoms with van der Waals surface area (Å²) in [4.78, 5) is 7.13. The summed E-state index contributed by atoms with van der Waals surface area (Å²) in [6.07, 6.45) is 2.94. The van der Waals surface area contributed by atoms with Gasteiger partial charge < -0.3 is 5.32 Å². The summed E-state index contributed by atoms with van der Waals surface area (Å²) in [6, 6.07) is 0.708. The van der Waals surface area contributed by atoms with Crippen molar-refractivity contribution in [2.24, 2.45) is 17.8 Å². The van der Waals surface area contributed by atoms with E-state index in [2.05, 4.69) is 45.8 Å².